The van der Waals surface area contributed by atoms with Gasteiger partial charge in [0.2, 0.25) is 5.88 Å². The van der Waals surface area contributed by atoms with Crippen LogP contribution < -0.4 is 15.8 Å². The second kappa shape index (κ2) is 8.96. The highest BCUT2D eigenvalue weighted by Crippen LogP contribution is 2.15. The van der Waals surface area contributed by atoms with Crippen molar-refractivity contribution in [3.8, 4) is 5.88 Å². The number of unbranched alkanes of at least 4 members (excludes halogenated alkanes) is 1. The predicted octanol–water partition coefficient (Wildman–Crippen LogP) is 2.24. The van der Waals surface area contributed by atoms with Crippen molar-refractivity contribution in [2.24, 2.45) is 10.7 Å². The summed E-state index contributed by atoms with van der Waals surface area (Å²) in [4.78, 5) is 8.51. The van der Waals surface area contributed by atoms with E-state index in [-0.39, 0.29) is 0 Å². The van der Waals surface area contributed by atoms with Crippen molar-refractivity contribution in [3.63, 3.8) is 0 Å². The van der Waals surface area contributed by atoms with Crippen LogP contribution in [0.3, 0.4) is 0 Å². The Kier molecular flexibility index (Phi) is 7.17. The van der Waals surface area contributed by atoms with Gasteiger partial charge in [0.1, 0.15) is 0 Å². The van der Waals surface area contributed by atoms with E-state index in [0.29, 0.717) is 31.5 Å². The number of aromatic nitrogens is 1. The number of pyridine rings is 1. The van der Waals surface area contributed by atoms with Crippen molar-refractivity contribution in [2.45, 2.75) is 33.2 Å². The zero-order valence-corrected chi connectivity index (χ0v) is 12.4. The molecule has 1 heterocycles. The average molecular weight is 276 g/mol. The van der Waals surface area contributed by atoms with E-state index in [1.165, 1.54) is 0 Å². The number of nitrogens with one attached hydrogen (secondary N) is 1. The molecule has 1 aromatic rings. The largest absolute Gasteiger partial charge is 0.477 e. The van der Waals surface area contributed by atoms with Crippen LogP contribution in [0.2, 0.25) is 0 Å². The summed E-state index contributed by atoms with van der Waals surface area (Å²) in [6.07, 6.45) is 3.83. The first kappa shape index (κ1) is 16.0. The molecule has 0 aliphatic carbocycles. The number of nitrogens with two attached hydrogens (primary N) is 1. The Morgan fingerprint density at radius 1 is 1.55 bits per heavy atom. The van der Waals surface area contributed by atoms with Crippen molar-refractivity contribution in [3.05, 3.63) is 36.0 Å². The summed E-state index contributed by atoms with van der Waals surface area (Å²) in [6.45, 7) is 9.61. The molecular weight excluding hydrogens is 252 g/mol. The zero-order chi connectivity index (χ0) is 14.8. The fourth-order valence-corrected chi connectivity index (χ4v) is 1.46. The maximum Gasteiger partial charge on any atom is 0.218 e. The molecule has 0 atom stereocenters. The van der Waals surface area contributed by atoms with Crippen LogP contribution in [0, 0.1) is 0 Å². The average Bonchev–Trinajstić information content (AvgIpc) is 2.44. The maximum atomic E-state index is 5.78. The standard InChI is InChI=1S/C15H24N4O/c1-4-5-9-20-14-13(7-6-8-17-14)11-19-15(16)18-10-12(2)3/h6-8H,2,4-5,9-11H2,1,3H3,(H3,16,18,19). The molecule has 5 heteroatoms. The lowest BCUT2D eigenvalue weighted by atomic mass is 10.2. The summed E-state index contributed by atoms with van der Waals surface area (Å²) in [6, 6.07) is 3.82. The van der Waals surface area contributed by atoms with Gasteiger partial charge in [-0.3, -0.25) is 0 Å². The van der Waals surface area contributed by atoms with Gasteiger partial charge in [0.25, 0.3) is 0 Å². The molecular formula is C15H24N4O. The van der Waals surface area contributed by atoms with Gasteiger partial charge in [-0.15, -0.1) is 0 Å². The smallest absolute Gasteiger partial charge is 0.218 e. The van der Waals surface area contributed by atoms with E-state index >= 15 is 0 Å². The number of guanidine groups is 1. The molecule has 1 aromatic heterocycles. The summed E-state index contributed by atoms with van der Waals surface area (Å²) in [5.74, 6) is 1.04. The van der Waals surface area contributed by atoms with Gasteiger partial charge in [0, 0.05) is 18.3 Å². The molecule has 0 unspecified atom stereocenters. The second-order valence-electron chi connectivity index (χ2n) is 4.68. The Hall–Kier alpha value is -2.04. The zero-order valence-electron chi connectivity index (χ0n) is 12.4. The highest BCUT2D eigenvalue weighted by atomic mass is 16.5. The third-order valence-electron chi connectivity index (χ3n) is 2.58. The lowest BCUT2D eigenvalue weighted by Gasteiger charge is -2.09. The van der Waals surface area contributed by atoms with E-state index in [2.05, 4.69) is 28.8 Å². The van der Waals surface area contributed by atoms with Crippen LogP contribution in [0.1, 0.15) is 32.3 Å². The first-order valence-electron chi connectivity index (χ1n) is 6.88. The molecule has 0 bridgehead atoms. The number of rotatable bonds is 8. The first-order valence-corrected chi connectivity index (χ1v) is 6.88. The van der Waals surface area contributed by atoms with Crippen LogP contribution in [0.5, 0.6) is 5.88 Å². The summed E-state index contributed by atoms with van der Waals surface area (Å²) in [7, 11) is 0. The minimum atomic E-state index is 0.399. The number of aliphatic imine (C=N–C) groups is 1. The van der Waals surface area contributed by atoms with Gasteiger partial charge in [0.15, 0.2) is 5.96 Å². The van der Waals surface area contributed by atoms with E-state index in [0.717, 1.165) is 24.0 Å². The molecule has 5 nitrogen and oxygen atoms in total. The second-order valence-corrected chi connectivity index (χ2v) is 4.68. The van der Waals surface area contributed by atoms with Gasteiger partial charge in [0.05, 0.1) is 13.2 Å². The van der Waals surface area contributed by atoms with Crippen LogP contribution in [-0.2, 0) is 6.54 Å². The summed E-state index contributed by atoms with van der Waals surface area (Å²) in [5.41, 5.74) is 7.72. The molecule has 0 fully saturated rings. The molecule has 0 amide bonds. The normalized spacial score (nSPS) is 11.2. The van der Waals surface area contributed by atoms with Gasteiger partial charge in [-0.1, -0.05) is 31.6 Å². The molecule has 0 aliphatic heterocycles. The Morgan fingerprint density at radius 3 is 3.05 bits per heavy atom. The van der Waals surface area contributed by atoms with Gasteiger partial charge >= 0.3 is 0 Å². The quantitative estimate of drug-likeness (QED) is 0.330. The number of nitrogens with zero attached hydrogens (tertiary/aromatic N) is 2. The summed E-state index contributed by atoms with van der Waals surface area (Å²) in [5, 5.41) is 2.99. The Bertz CT molecular complexity index is 457. The monoisotopic (exact) mass is 276 g/mol. The third kappa shape index (κ3) is 6.22. The third-order valence-corrected chi connectivity index (χ3v) is 2.58. The van der Waals surface area contributed by atoms with E-state index < -0.39 is 0 Å². The van der Waals surface area contributed by atoms with Gasteiger partial charge in [-0.25, -0.2) is 9.98 Å². The number of hydrogen-bond donors (Lipinski definition) is 2. The van der Waals surface area contributed by atoms with Crippen LogP contribution in [0.25, 0.3) is 0 Å². The minimum absolute atomic E-state index is 0.399. The van der Waals surface area contributed by atoms with Gasteiger partial charge in [-0.2, -0.15) is 0 Å². The molecule has 3 N–H and O–H groups in total. The Morgan fingerprint density at radius 2 is 2.35 bits per heavy atom. The van der Waals surface area contributed by atoms with Gasteiger partial charge < -0.3 is 15.8 Å². The molecule has 0 saturated carbocycles. The van der Waals surface area contributed by atoms with Crippen LogP contribution in [-0.4, -0.2) is 24.1 Å². The van der Waals surface area contributed by atoms with E-state index in [1.807, 2.05) is 19.1 Å². The molecule has 0 spiro atoms. The van der Waals surface area contributed by atoms with Crippen LogP contribution in [0.4, 0.5) is 0 Å². The van der Waals surface area contributed by atoms with E-state index in [1.54, 1.807) is 6.20 Å². The lowest BCUT2D eigenvalue weighted by molar-refractivity contribution is 0.294. The van der Waals surface area contributed by atoms with Crippen molar-refractivity contribution < 1.29 is 4.74 Å². The van der Waals surface area contributed by atoms with Crippen LogP contribution >= 0.6 is 0 Å². The van der Waals surface area contributed by atoms with E-state index in [9.17, 15) is 0 Å². The Labute approximate surface area is 121 Å². The van der Waals surface area contributed by atoms with Gasteiger partial charge in [-0.05, 0) is 19.4 Å². The molecule has 0 radical (unpaired) electrons. The highest BCUT2D eigenvalue weighted by molar-refractivity contribution is 5.78. The molecule has 1 rings (SSSR count). The molecule has 110 valence electrons. The fraction of sp³-hybridized carbons (Fsp3) is 0.467. The van der Waals surface area contributed by atoms with Crippen molar-refractivity contribution >= 4 is 5.96 Å². The Balaban J connectivity index is 2.57. The number of hydrogen-bond acceptors (Lipinski definition) is 3. The molecule has 0 aromatic carbocycles. The summed E-state index contributed by atoms with van der Waals surface area (Å²) < 4.78 is 5.65. The fourth-order valence-electron chi connectivity index (χ4n) is 1.46. The van der Waals surface area contributed by atoms with Crippen molar-refractivity contribution in [1.29, 1.82) is 0 Å². The molecule has 0 saturated heterocycles. The number of ether oxygens (including phenoxy) is 1. The summed E-state index contributed by atoms with van der Waals surface area (Å²) >= 11 is 0. The lowest BCUT2D eigenvalue weighted by Crippen LogP contribution is -2.32. The van der Waals surface area contributed by atoms with Crippen LogP contribution in [0.15, 0.2) is 35.5 Å². The van der Waals surface area contributed by atoms with E-state index in [4.69, 9.17) is 10.5 Å². The van der Waals surface area contributed by atoms with Crippen molar-refractivity contribution in [1.82, 2.24) is 10.3 Å². The first-order chi connectivity index (χ1) is 9.63. The van der Waals surface area contributed by atoms with Crippen molar-refractivity contribution in [2.75, 3.05) is 13.2 Å². The topological polar surface area (TPSA) is 72.5 Å². The molecule has 0 aliphatic rings. The maximum absolute atomic E-state index is 5.78. The minimum Gasteiger partial charge on any atom is -0.477 e. The predicted molar refractivity (Wildman–Crippen MR) is 82.8 cm³/mol. The highest BCUT2D eigenvalue weighted by Gasteiger charge is 2.04. The SMILES string of the molecule is C=C(C)CNC(N)=NCc1cccnc1OCCCC. The molecule has 20 heavy (non-hydrogen) atoms.